The largest absolute Gasteiger partial charge is 0.462 e. The zero-order valence-electron chi connectivity index (χ0n) is 14.2. The second kappa shape index (κ2) is 8.93. The topological polar surface area (TPSA) is 55.4 Å². The number of hydrogen-bond acceptors (Lipinski definition) is 4. The summed E-state index contributed by atoms with van der Waals surface area (Å²) in [5.74, 6) is -0.360. The van der Waals surface area contributed by atoms with Crippen molar-refractivity contribution in [1.82, 2.24) is 0 Å². The van der Waals surface area contributed by atoms with Crippen molar-refractivity contribution < 1.29 is 14.3 Å². The minimum atomic E-state index is -0.360. The van der Waals surface area contributed by atoms with E-state index >= 15 is 0 Å². The lowest BCUT2D eigenvalue weighted by Crippen LogP contribution is -2.23. The van der Waals surface area contributed by atoms with Crippen molar-refractivity contribution in [3.63, 3.8) is 0 Å². The third-order valence-corrected chi connectivity index (χ3v) is 4.99. The highest BCUT2D eigenvalue weighted by atomic mass is 32.1. The third-order valence-electron chi connectivity index (χ3n) is 3.87. The predicted molar refractivity (Wildman–Crippen MR) is 91.7 cm³/mol. The molecule has 4 nitrogen and oxygen atoms in total. The number of unbranched alkanes of at least 4 members (excludes halogenated alkanes) is 1. The Bertz CT molecular complexity index is 522. The van der Waals surface area contributed by atoms with E-state index in [4.69, 9.17) is 4.74 Å². The summed E-state index contributed by atoms with van der Waals surface area (Å²) < 4.78 is 5.11. The number of carbonyl (C=O) groups excluding carboxylic acids is 2. The number of nitrogens with one attached hydrogen (secondary N) is 1. The molecule has 22 heavy (non-hydrogen) atoms. The number of ether oxygens (including phenoxy) is 1. The van der Waals surface area contributed by atoms with Gasteiger partial charge in [0.25, 0.3) is 0 Å². The van der Waals surface area contributed by atoms with E-state index < -0.39 is 0 Å². The Kier molecular flexibility index (Phi) is 7.59. The van der Waals surface area contributed by atoms with Crippen LogP contribution in [-0.2, 0) is 9.53 Å². The molecule has 1 aromatic heterocycles. The first-order chi connectivity index (χ1) is 10.5. The van der Waals surface area contributed by atoms with Gasteiger partial charge in [-0.15, -0.1) is 11.3 Å². The van der Waals surface area contributed by atoms with Gasteiger partial charge in [-0.2, -0.15) is 0 Å². The van der Waals surface area contributed by atoms with Crippen LogP contribution in [0.1, 0.15) is 67.3 Å². The zero-order chi connectivity index (χ0) is 16.7. The number of anilines is 1. The lowest BCUT2D eigenvalue weighted by molar-refractivity contribution is -0.120. The van der Waals surface area contributed by atoms with Crippen LogP contribution in [0, 0.1) is 19.8 Å². The average molecular weight is 325 g/mol. The van der Waals surface area contributed by atoms with Crippen LogP contribution in [0.25, 0.3) is 0 Å². The van der Waals surface area contributed by atoms with Gasteiger partial charge < -0.3 is 10.1 Å². The molecule has 1 rings (SSSR count). The Morgan fingerprint density at radius 2 is 1.91 bits per heavy atom. The van der Waals surface area contributed by atoms with Gasteiger partial charge in [0.05, 0.1) is 12.2 Å². The van der Waals surface area contributed by atoms with Crippen molar-refractivity contribution in [3.05, 3.63) is 16.0 Å². The van der Waals surface area contributed by atoms with Gasteiger partial charge in [-0.3, -0.25) is 4.79 Å². The highest BCUT2D eigenvalue weighted by Crippen LogP contribution is 2.33. The minimum absolute atomic E-state index is 0.00212. The van der Waals surface area contributed by atoms with Crippen LogP contribution < -0.4 is 5.32 Å². The first-order valence-corrected chi connectivity index (χ1v) is 8.85. The van der Waals surface area contributed by atoms with E-state index in [1.807, 2.05) is 20.8 Å². The van der Waals surface area contributed by atoms with Crippen molar-refractivity contribution in [3.8, 4) is 0 Å². The Morgan fingerprint density at radius 3 is 2.45 bits per heavy atom. The Hall–Kier alpha value is -1.36. The van der Waals surface area contributed by atoms with E-state index in [2.05, 4.69) is 12.2 Å². The summed E-state index contributed by atoms with van der Waals surface area (Å²) in [6, 6.07) is 0. The molecule has 0 aliphatic carbocycles. The fourth-order valence-electron chi connectivity index (χ4n) is 2.35. The normalized spacial score (nSPS) is 12.0. The first-order valence-electron chi connectivity index (χ1n) is 8.04. The average Bonchev–Trinajstić information content (AvgIpc) is 2.74. The van der Waals surface area contributed by atoms with E-state index in [0.717, 1.165) is 36.1 Å². The van der Waals surface area contributed by atoms with Crippen LogP contribution in [0.2, 0.25) is 0 Å². The van der Waals surface area contributed by atoms with Crippen LogP contribution in [0.4, 0.5) is 5.00 Å². The lowest BCUT2D eigenvalue weighted by Gasteiger charge is -2.14. The minimum Gasteiger partial charge on any atom is -0.462 e. The predicted octanol–water partition coefficient (Wildman–Crippen LogP) is 4.70. The van der Waals surface area contributed by atoms with Crippen molar-refractivity contribution in [2.45, 2.75) is 60.3 Å². The van der Waals surface area contributed by atoms with Crippen LogP contribution in [0.5, 0.6) is 0 Å². The van der Waals surface area contributed by atoms with Crippen LogP contribution in [0.3, 0.4) is 0 Å². The van der Waals surface area contributed by atoms with Gasteiger partial charge >= 0.3 is 5.97 Å². The molecule has 0 aliphatic heterocycles. The van der Waals surface area contributed by atoms with Crippen molar-refractivity contribution in [2.24, 2.45) is 5.92 Å². The molecule has 0 radical (unpaired) electrons. The highest BCUT2D eigenvalue weighted by Gasteiger charge is 2.24. The van der Waals surface area contributed by atoms with Gasteiger partial charge in [0, 0.05) is 10.8 Å². The summed E-state index contributed by atoms with van der Waals surface area (Å²) in [5.41, 5.74) is 1.39. The SMILES string of the molecule is CCCCC(CC)C(=O)Nc1sc(C)c(C)c1C(=O)OCC. The smallest absolute Gasteiger partial charge is 0.341 e. The molecule has 1 aromatic rings. The van der Waals surface area contributed by atoms with E-state index in [1.165, 1.54) is 11.3 Å². The Balaban J connectivity index is 2.94. The molecule has 124 valence electrons. The summed E-state index contributed by atoms with van der Waals surface area (Å²) in [6.07, 6.45) is 3.81. The number of hydrogen-bond donors (Lipinski definition) is 1. The molecule has 0 aromatic carbocycles. The fraction of sp³-hybridized carbons (Fsp3) is 0.647. The van der Waals surface area contributed by atoms with Gasteiger partial charge in [0.15, 0.2) is 0 Å². The van der Waals surface area contributed by atoms with Gasteiger partial charge in [-0.1, -0.05) is 26.7 Å². The second-order valence-corrected chi connectivity index (χ2v) is 6.67. The highest BCUT2D eigenvalue weighted by molar-refractivity contribution is 7.16. The molecule has 1 heterocycles. The zero-order valence-corrected chi connectivity index (χ0v) is 15.1. The van der Waals surface area contributed by atoms with E-state index in [9.17, 15) is 9.59 Å². The molecular weight excluding hydrogens is 298 g/mol. The quantitative estimate of drug-likeness (QED) is 0.705. The Morgan fingerprint density at radius 1 is 1.23 bits per heavy atom. The molecule has 0 saturated carbocycles. The van der Waals surface area contributed by atoms with Crippen molar-refractivity contribution in [2.75, 3.05) is 11.9 Å². The molecule has 0 fully saturated rings. The molecule has 1 N–H and O–H groups in total. The van der Waals surface area contributed by atoms with E-state index in [0.29, 0.717) is 17.2 Å². The number of amides is 1. The maximum Gasteiger partial charge on any atom is 0.341 e. The molecule has 0 saturated heterocycles. The van der Waals surface area contributed by atoms with Crippen molar-refractivity contribution in [1.29, 1.82) is 0 Å². The molecule has 1 amide bonds. The maximum atomic E-state index is 12.4. The number of aryl methyl sites for hydroxylation is 1. The molecule has 0 spiro atoms. The fourth-order valence-corrected chi connectivity index (χ4v) is 3.40. The summed E-state index contributed by atoms with van der Waals surface area (Å²) in [4.78, 5) is 25.6. The van der Waals surface area contributed by atoms with Gasteiger partial charge in [0.1, 0.15) is 5.00 Å². The molecule has 0 aliphatic rings. The van der Waals surface area contributed by atoms with Crippen LogP contribution in [0.15, 0.2) is 0 Å². The maximum absolute atomic E-state index is 12.4. The van der Waals surface area contributed by atoms with E-state index in [-0.39, 0.29) is 17.8 Å². The monoisotopic (exact) mass is 325 g/mol. The molecule has 1 atom stereocenters. The lowest BCUT2D eigenvalue weighted by atomic mass is 9.98. The Labute approximate surface area is 137 Å². The number of thiophene rings is 1. The second-order valence-electron chi connectivity index (χ2n) is 5.44. The first kappa shape index (κ1) is 18.7. The molecular formula is C17H27NO3S. The van der Waals surface area contributed by atoms with Gasteiger partial charge in [-0.05, 0) is 39.2 Å². The molecule has 5 heteroatoms. The summed E-state index contributed by atoms with van der Waals surface area (Å²) >= 11 is 1.44. The van der Waals surface area contributed by atoms with Gasteiger partial charge in [-0.25, -0.2) is 4.79 Å². The van der Waals surface area contributed by atoms with Gasteiger partial charge in [0.2, 0.25) is 5.91 Å². The number of rotatable bonds is 8. The summed E-state index contributed by atoms with van der Waals surface area (Å²) in [5, 5.41) is 3.57. The standard InChI is InChI=1S/C17H27NO3S/c1-6-9-10-13(7-2)15(19)18-16-14(17(20)21-8-3)11(4)12(5)22-16/h13H,6-10H2,1-5H3,(H,18,19). The third kappa shape index (κ3) is 4.57. The van der Waals surface area contributed by atoms with E-state index in [1.54, 1.807) is 6.92 Å². The molecule has 0 bridgehead atoms. The summed E-state index contributed by atoms with van der Waals surface area (Å²) in [6.45, 7) is 10.1. The van der Waals surface area contributed by atoms with Crippen molar-refractivity contribution >= 4 is 28.2 Å². The number of carbonyl (C=O) groups is 2. The van der Waals surface area contributed by atoms with Crippen LogP contribution in [-0.4, -0.2) is 18.5 Å². The molecule has 1 unspecified atom stereocenters. The summed E-state index contributed by atoms with van der Waals surface area (Å²) in [7, 11) is 0. The van der Waals surface area contributed by atoms with Crippen LogP contribution >= 0.6 is 11.3 Å². The number of esters is 1.